The van der Waals surface area contributed by atoms with E-state index in [9.17, 15) is 4.79 Å². The van der Waals surface area contributed by atoms with Gasteiger partial charge in [0.25, 0.3) is 0 Å². The lowest BCUT2D eigenvalue weighted by molar-refractivity contribution is -0.113. The van der Waals surface area contributed by atoms with E-state index in [1.807, 2.05) is 0 Å². The Bertz CT molecular complexity index is 862. The quantitative estimate of drug-likeness (QED) is 0.660. The SMILES string of the molecule is COc1ccc(OC)c(NC(=O)CSc2nnc(N3CCCCC3)n2C2CC2)c1. The number of carbonyl (C=O) groups excluding carboxylic acids is 1. The van der Waals surface area contributed by atoms with Gasteiger partial charge in [0, 0.05) is 25.2 Å². The highest BCUT2D eigenvalue weighted by Gasteiger charge is 2.32. The second-order valence-electron chi connectivity index (χ2n) is 7.33. The first-order valence-corrected chi connectivity index (χ1v) is 11.0. The van der Waals surface area contributed by atoms with Crippen LogP contribution in [0.2, 0.25) is 0 Å². The third kappa shape index (κ3) is 4.60. The van der Waals surface area contributed by atoms with E-state index in [1.54, 1.807) is 32.4 Å². The van der Waals surface area contributed by atoms with Crippen LogP contribution in [-0.2, 0) is 4.79 Å². The number of nitrogens with one attached hydrogen (secondary N) is 1. The number of ether oxygens (including phenoxy) is 2. The van der Waals surface area contributed by atoms with E-state index in [0.29, 0.717) is 23.2 Å². The van der Waals surface area contributed by atoms with Gasteiger partial charge in [0.1, 0.15) is 11.5 Å². The first-order valence-electron chi connectivity index (χ1n) is 10.0. The molecule has 156 valence electrons. The van der Waals surface area contributed by atoms with Gasteiger partial charge in [-0.2, -0.15) is 0 Å². The molecule has 1 aliphatic heterocycles. The average molecular weight is 418 g/mol. The lowest BCUT2D eigenvalue weighted by atomic mass is 10.1. The van der Waals surface area contributed by atoms with Gasteiger partial charge >= 0.3 is 0 Å². The van der Waals surface area contributed by atoms with E-state index in [-0.39, 0.29) is 11.7 Å². The van der Waals surface area contributed by atoms with Crippen LogP contribution in [0, 0.1) is 0 Å². The summed E-state index contributed by atoms with van der Waals surface area (Å²) in [7, 11) is 3.17. The van der Waals surface area contributed by atoms with Gasteiger partial charge in [0.05, 0.1) is 25.7 Å². The minimum atomic E-state index is -0.119. The van der Waals surface area contributed by atoms with Crippen LogP contribution in [0.5, 0.6) is 11.5 Å². The second-order valence-corrected chi connectivity index (χ2v) is 8.28. The number of anilines is 2. The summed E-state index contributed by atoms with van der Waals surface area (Å²) in [5, 5.41) is 12.6. The Morgan fingerprint density at radius 2 is 1.97 bits per heavy atom. The second kappa shape index (κ2) is 8.94. The number of aromatic nitrogens is 3. The van der Waals surface area contributed by atoms with Crippen molar-refractivity contribution in [2.45, 2.75) is 43.3 Å². The summed E-state index contributed by atoms with van der Waals surface area (Å²) in [5.41, 5.74) is 0.593. The minimum Gasteiger partial charge on any atom is -0.497 e. The molecule has 2 fully saturated rings. The molecular weight excluding hydrogens is 390 g/mol. The van der Waals surface area contributed by atoms with Gasteiger partial charge in [0.15, 0.2) is 5.16 Å². The summed E-state index contributed by atoms with van der Waals surface area (Å²) in [4.78, 5) is 14.9. The molecule has 0 bridgehead atoms. The zero-order valence-electron chi connectivity index (χ0n) is 16.9. The van der Waals surface area contributed by atoms with Gasteiger partial charge in [-0.05, 0) is 44.2 Å². The zero-order chi connectivity index (χ0) is 20.2. The number of rotatable bonds is 8. The number of thioether (sulfide) groups is 1. The summed E-state index contributed by atoms with van der Waals surface area (Å²) in [6, 6.07) is 5.79. The van der Waals surface area contributed by atoms with Crippen LogP contribution >= 0.6 is 11.8 Å². The molecular formula is C20H27N5O3S. The average Bonchev–Trinajstić information content (AvgIpc) is 3.51. The van der Waals surface area contributed by atoms with E-state index in [0.717, 1.165) is 37.0 Å². The fourth-order valence-electron chi connectivity index (χ4n) is 3.56. The van der Waals surface area contributed by atoms with E-state index in [4.69, 9.17) is 9.47 Å². The fourth-order valence-corrected chi connectivity index (χ4v) is 4.36. The summed E-state index contributed by atoms with van der Waals surface area (Å²) >= 11 is 1.43. The molecule has 1 amide bonds. The molecule has 1 saturated heterocycles. The number of methoxy groups -OCH3 is 2. The van der Waals surface area contributed by atoms with Crippen LogP contribution in [0.1, 0.15) is 38.1 Å². The molecule has 1 N–H and O–H groups in total. The first kappa shape index (κ1) is 19.9. The minimum absolute atomic E-state index is 0.119. The smallest absolute Gasteiger partial charge is 0.234 e. The monoisotopic (exact) mass is 417 g/mol. The van der Waals surface area contributed by atoms with Gasteiger partial charge < -0.3 is 19.7 Å². The third-order valence-electron chi connectivity index (χ3n) is 5.21. The molecule has 9 heteroatoms. The van der Waals surface area contributed by atoms with Crippen LogP contribution in [0.3, 0.4) is 0 Å². The molecule has 2 heterocycles. The normalized spacial score (nSPS) is 16.6. The molecule has 2 aliphatic rings. The maximum absolute atomic E-state index is 12.6. The van der Waals surface area contributed by atoms with E-state index in [2.05, 4.69) is 25.0 Å². The lowest BCUT2D eigenvalue weighted by Gasteiger charge is -2.27. The van der Waals surface area contributed by atoms with Crippen molar-refractivity contribution >= 4 is 29.3 Å². The Kier molecular flexibility index (Phi) is 6.13. The maximum Gasteiger partial charge on any atom is 0.234 e. The molecule has 29 heavy (non-hydrogen) atoms. The fraction of sp³-hybridized carbons (Fsp3) is 0.550. The van der Waals surface area contributed by atoms with Crippen molar-refractivity contribution in [3.8, 4) is 11.5 Å². The number of benzene rings is 1. The summed E-state index contributed by atoms with van der Waals surface area (Å²) in [6.07, 6.45) is 5.98. The summed E-state index contributed by atoms with van der Waals surface area (Å²) < 4.78 is 12.8. The number of hydrogen-bond donors (Lipinski definition) is 1. The van der Waals surface area contributed by atoms with Crippen molar-refractivity contribution in [3.63, 3.8) is 0 Å². The van der Waals surface area contributed by atoms with Crippen molar-refractivity contribution in [3.05, 3.63) is 18.2 Å². The highest BCUT2D eigenvalue weighted by atomic mass is 32.2. The largest absolute Gasteiger partial charge is 0.497 e. The number of piperidine rings is 1. The van der Waals surface area contributed by atoms with Crippen LogP contribution in [0.25, 0.3) is 0 Å². The van der Waals surface area contributed by atoms with Crippen LogP contribution in [0.15, 0.2) is 23.4 Å². The van der Waals surface area contributed by atoms with Gasteiger partial charge in [-0.25, -0.2) is 0 Å². The van der Waals surface area contributed by atoms with Crippen molar-refractivity contribution in [1.29, 1.82) is 0 Å². The Labute approximate surface area is 175 Å². The molecule has 1 saturated carbocycles. The topological polar surface area (TPSA) is 81.5 Å². The molecule has 4 rings (SSSR count). The van der Waals surface area contributed by atoms with E-state index >= 15 is 0 Å². The molecule has 0 radical (unpaired) electrons. The maximum atomic E-state index is 12.6. The lowest BCUT2D eigenvalue weighted by Crippen LogP contribution is -2.32. The van der Waals surface area contributed by atoms with Crippen molar-refractivity contribution in [2.24, 2.45) is 0 Å². The van der Waals surface area contributed by atoms with Crippen LogP contribution in [-0.4, -0.2) is 53.7 Å². The van der Waals surface area contributed by atoms with Gasteiger partial charge in [-0.15, -0.1) is 10.2 Å². The molecule has 0 spiro atoms. The van der Waals surface area contributed by atoms with Gasteiger partial charge in [-0.1, -0.05) is 11.8 Å². The molecule has 1 aliphatic carbocycles. The third-order valence-corrected chi connectivity index (χ3v) is 6.15. The molecule has 8 nitrogen and oxygen atoms in total. The summed E-state index contributed by atoms with van der Waals surface area (Å²) in [5.74, 6) is 2.35. The molecule has 1 aromatic heterocycles. The number of amides is 1. The van der Waals surface area contributed by atoms with Crippen molar-refractivity contribution in [1.82, 2.24) is 14.8 Å². The standard InChI is InChI=1S/C20H27N5O3S/c1-27-15-8-9-17(28-2)16(12-15)21-18(26)13-29-20-23-22-19(25(20)14-6-7-14)24-10-4-3-5-11-24/h8-9,12,14H,3-7,10-11,13H2,1-2H3,(H,21,26). The van der Waals surface area contributed by atoms with Crippen molar-refractivity contribution < 1.29 is 14.3 Å². The molecule has 2 aromatic rings. The van der Waals surface area contributed by atoms with Gasteiger partial charge in [-0.3, -0.25) is 9.36 Å². The van der Waals surface area contributed by atoms with Crippen LogP contribution in [0.4, 0.5) is 11.6 Å². The number of carbonyl (C=O) groups is 1. The summed E-state index contributed by atoms with van der Waals surface area (Å²) in [6.45, 7) is 2.07. The predicted molar refractivity (Wildman–Crippen MR) is 113 cm³/mol. The number of hydrogen-bond acceptors (Lipinski definition) is 7. The molecule has 1 aromatic carbocycles. The first-order chi connectivity index (χ1) is 14.2. The van der Waals surface area contributed by atoms with E-state index < -0.39 is 0 Å². The molecule has 0 unspecified atom stereocenters. The predicted octanol–water partition coefficient (Wildman–Crippen LogP) is 3.35. The van der Waals surface area contributed by atoms with E-state index in [1.165, 1.54) is 31.0 Å². The Morgan fingerprint density at radius 1 is 1.17 bits per heavy atom. The highest BCUT2D eigenvalue weighted by Crippen LogP contribution is 2.41. The number of nitrogens with zero attached hydrogens (tertiary/aromatic N) is 4. The molecule has 0 atom stereocenters. The highest BCUT2D eigenvalue weighted by molar-refractivity contribution is 7.99. The zero-order valence-corrected chi connectivity index (χ0v) is 17.7. The Morgan fingerprint density at radius 3 is 2.66 bits per heavy atom. The Hall–Kier alpha value is -2.42. The van der Waals surface area contributed by atoms with Crippen molar-refractivity contribution in [2.75, 3.05) is 43.3 Å². The van der Waals surface area contributed by atoms with Gasteiger partial charge in [0.2, 0.25) is 11.9 Å². The van der Waals surface area contributed by atoms with Crippen LogP contribution < -0.4 is 19.7 Å². The Balaban J connectivity index is 1.43.